The topological polar surface area (TPSA) is 58.0 Å². The highest BCUT2D eigenvalue weighted by Gasteiger charge is 2.35. The number of piperidine rings is 3. The third-order valence-corrected chi connectivity index (χ3v) is 5.37. The number of nitrogens with one attached hydrogen (secondary N) is 1. The molecule has 1 N–H and O–H groups in total. The molecule has 5 rings (SSSR count). The predicted molar refractivity (Wildman–Crippen MR) is 85.2 cm³/mol. The summed E-state index contributed by atoms with van der Waals surface area (Å²) in [5, 5.41) is 3.21. The lowest BCUT2D eigenvalue weighted by atomic mass is 9.84. The number of amides is 1. The van der Waals surface area contributed by atoms with Gasteiger partial charge in [-0.1, -0.05) is 0 Å². The van der Waals surface area contributed by atoms with Crippen LogP contribution in [0.2, 0.25) is 0 Å². The summed E-state index contributed by atoms with van der Waals surface area (Å²) in [5.41, 5.74) is 0.643. The minimum absolute atomic E-state index is 0.000674. The molecule has 5 heterocycles. The molecule has 6 nitrogen and oxygen atoms in total. The van der Waals surface area contributed by atoms with E-state index in [-0.39, 0.29) is 5.91 Å². The van der Waals surface area contributed by atoms with Crippen molar-refractivity contribution in [3.05, 3.63) is 23.7 Å². The first-order valence-electron chi connectivity index (χ1n) is 8.68. The van der Waals surface area contributed by atoms with Gasteiger partial charge in [0.2, 0.25) is 0 Å². The molecule has 0 unspecified atom stereocenters. The molecule has 4 aliphatic rings. The minimum atomic E-state index is 0.000674. The van der Waals surface area contributed by atoms with Crippen molar-refractivity contribution in [2.24, 2.45) is 5.92 Å². The second kappa shape index (κ2) is 6.63. The Morgan fingerprint density at radius 3 is 2.70 bits per heavy atom. The van der Waals surface area contributed by atoms with Crippen molar-refractivity contribution >= 4 is 5.91 Å². The number of carbonyl (C=O) groups is 1. The summed E-state index contributed by atoms with van der Waals surface area (Å²) < 4.78 is 10.9. The Bertz CT molecular complexity index is 545. The second-order valence-corrected chi connectivity index (χ2v) is 6.91. The molecule has 4 fully saturated rings. The van der Waals surface area contributed by atoms with Crippen molar-refractivity contribution in [2.45, 2.75) is 25.4 Å². The van der Waals surface area contributed by atoms with Crippen LogP contribution in [0.3, 0.4) is 0 Å². The lowest BCUT2D eigenvalue weighted by Gasteiger charge is -2.44. The highest BCUT2D eigenvalue weighted by atomic mass is 16.5. The normalized spacial score (nSPS) is 31.2. The molecule has 1 atom stereocenters. The molecule has 4 saturated heterocycles. The molecule has 0 aliphatic carbocycles. The first-order valence-corrected chi connectivity index (χ1v) is 8.68. The van der Waals surface area contributed by atoms with Crippen LogP contribution in [0.4, 0.5) is 0 Å². The van der Waals surface area contributed by atoms with Crippen molar-refractivity contribution < 1.29 is 13.9 Å². The summed E-state index contributed by atoms with van der Waals surface area (Å²) in [6.07, 6.45) is 4.00. The van der Waals surface area contributed by atoms with E-state index in [1.807, 2.05) is 6.07 Å². The first-order chi connectivity index (χ1) is 11.3. The van der Waals surface area contributed by atoms with Crippen molar-refractivity contribution in [1.29, 1.82) is 0 Å². The van der Waals surface area contributed by atoms with Crippen LogP contribution in [0.1, 0.15) is 29.0 Å². The van der Waals surface area contributed by atoms with Gasteiger partial charge in [-0.2, -0.15) is 0 Å². The van der Waals surface area contributed by atoms with Crippen LogP contribution in [0.15, 0.2) is 16.7 Å². The molecule has 0 aromatic carbocycles. The molecule has 23 heavy (non-hydrogen) atoms. The van der Waals surface area contributed by atoms with E-state index in [2.05, 4.69) is 15.1 Å². The Kier molecular flexibility index (Phi) is 4.37. The number of morpholine rings is 1. The second-order valence-electron chi connectivity index (χ2n) is 6.91. The van der Waals surface area contributed by atoms with Crippen molar-refractivity contribution in [3.8, 4) is 0 Å². The molecule has 4 aliphatic heterocycles. The fourth-order valence-electron chi connectivity index (χ4n) is 3.94. The minimum Gasteiger partial charge on any atom is -0.467 e. The van der Waals surface area contributed by atoms with Gasteiger partial charge in [0.1, 0.15) is 12.0 Å². The van der Waals surface area contributed by atoms with Crippen LogP contribution in [0.5, 0.6) is 0 Å². The zero-order valence-corrected chi connectivity index (χ0v) is 13.5. The van der Waals surface area contributed by atoms with Crippen LogP contribution in [0, 0.1) is 5.92 Å². The fraction of sp³-hybridized carbons (Fsp3) is 0.706. The summed E-state index contributed by atoms with van der Waals surface area (Å²) in [6.45, 7) is 7.50. The molecule has 0 spiro atoms. The molecule has 0 radical (unpaired) electrons. The van der Waals surface area contributed by atoms with E-state index in [0.717, 1.165) is 45.2 Å². The van der Waals surface area contributed by atoms with Gasteiger partial charge in [0.25, 0.3) is 5.91 Å². The number of carbonyl (C=O) groups excluding carboxylic acids is 1. The van der Waals surface area contributed by atoms with E-state index in [9.17, 15) is 4.79 Å². The molecular weight excluding hydrogens is 294 g/mol. The highest BCUT2D eigenvalue weighted by molar-refractivity contribution is 5.94. The van der Waals surface area contributed by atoms with Crippen LogP contribution in [0.25, 0.3) is 0 Å². The number of fused-ring (bicyclic) bond motifs is 3. The molecule has 1 amide bonds. The zero-order chi connectivity index (χ0) is 15.6. The Morgan fingerprint density at radius 2 is 2.00 bits per heavy atom. The smallest absolute Gasteiger partial charge is 0.254 e. The number of furan rings is 1. The van der Waals surface area contributed by atoms with E-state index < -0.39 is 0 Å². The van der Waals surface area contributed by atoms with Gasteiger partial charge < -0.3 is 19.4 Å². The Balaban J connectivity index is 1.33. The molecule has 1 aromatic rings. The van der Waals surface area contributed by atoms with Crippen molar-refractivity contribution in [3.63, 3.8) is 0 Å². The van der Waals surface area contributed by atoms with Crippen LogP contribution >= 0.6 is 0 Å². The standard InChI is InChI=1S/C17H25N3O3/c21-17(18-16-11-19-3-1-13(16)2-4-19)14-9-15(23-12-14)10-20-5-7-22-8-6-20/h9,12-13,16H,1-8,10-11H2,(H,18,21)/t16-/m0/s1. The van der Waals surface area contributed by atoms with Gasteiger partial charge in [0, 0.05) is 25.7 Å². The average molecular weight is 319 g/mol. The Labute approximate surface area is 136 Å². The van der Waals surface area contributed by atoms with E-state index in [1.165, 1.54) is 25.9 Å². The van der Waals surface area contributed by atoms with Gasteiger partial charge in [-0.05, 0) is 37.9 Å². The lowest BCUT2D eigenvalue weighted by Crippen LogP contribution is -2.57. The van der Waals surface area contributed by atoms with E-state index >= 15 is 0 Å². The lowest BCUT2D eigenvalue weighted by molar-refractivity contribution is 0.0313. The van der Waals surface area contributed by atoms with Gasteiger partial charge in [0.15, 0.2) is 0 Å². The van der Waals surface area contributed by atoms with Crippen molar-refractivity contribution in [2.75, 3.05) is 45.9 Å². The molecule has 0 saturated carbocycles. The number of hydrogen-bond acceptors (Lipinski definition) is 5. The first kappa shape index (κ1) is 15.2. The average Bonchev–Trinajstić information content (AvgIpc) is 3.05. The van der Waals surface area contributed by atoms with Gasteiger partial charge in [0.05, 0.1) is 25.3 Å². The third-order valence-electron chi connectivity index (χ3n) is 5.37. The summed E-state index contributed by atoms with van der Waals surface area (Å²) in [5.74, 6) is 1.50. The Hall–Kier alpha value is -1.37. The summed E-state index contributed by atoms with van der Waals surface area (Å²) in [7, 11) is 0. The number of nitrogens with zero attached hydrogens (tertiary/aromatic N) is 2. The maximum atomic E-state index is 12.5. The van der Waals surface area contributed by atoms with Crippen LogP contribution in [-0.4, -0.2) is 67.7 Å². The molecule has 2 bridgehead atoms. The molecule has 126 valence electrons. The van der Waals surface area contributed by atoms with Gasteiger partial charge in [-0.3, -0.25) is 9.69 Å². The fourth-order valence-corrected chi connectivity index (χ4v) is 3.94. The number of rotatable bonds is 4. The van der Waals surface area contributed by atoms with Gasteiger partial charge >= 0.3 is 0 Å². The maximum absolute atomic E-state index is 12.5. The van der Waals surface area contributed by atoms with E-state index in [0.29, 0.717) is 17.5 Å². The Morgan fingerprint density at radius 1 is 1.22 bits per heavy atom. The predicted octanol–water partition coefficient (Wildman–Crippen LogP) is 0.936. The SMILES string of the molecule is O=C(N[C@H]1CN2CCC1CC2)c1coc(CN2CCOCC2)c1. The molecular formula is C17H25N3O3. The van der Waals surface area contributed by atoms with E-state index in [4.69, 9.17) is 9.15 Å². The van der Waals surface area contributed by atoms with Gasteiger partial charge in [-0.15, -0.1) is 0 Å². The third kappa shape index (κ3) is 3.44. The monoisotopic (exact) mass is 319 g/mol. The summed E-state index contributed by atoms with van der Waals surface area (Å²) in [4.78, 5) is 17.2. The molecule has 1 aromatic heterocycles. The summed E-state index contributed by atoms with van der Waals surface area (Å²) in [6, 6.07) is 2.18. The largest absolute Gasteiger partial charge is 0.467 e. The van der Waals surface area contributed by atoms with Crippen LogP contribution in [-0.2, 0) is 11.3 Å². The highest BCUT2D eigenvalue weighted by Crippen LogP contribution is 2.27. The van der Waals surface area contributed by atoms with E-state index in [1.54, 1.807) is 6.26 Å². The number of ether oxygens (including phenoxy) is 1. The zero-order valence-electron chi connectivity index (χ0n) is 13.5. The maximum Gasteiger partial charge on any atom is 0.254 e. The molecule has 6 heteroatoms. The van der Waals surface area contributed by atoms with Crippen LogP contribution < -0.4 is 5.32 Å². The number of hydrogen-bond donors (Lipinski definition) is 1. The van der Waals surface area contributed by atoms with Crippen molar-refractivity contribution in [1.82, 2.24) is 15.1 Å². The summed E-state index contributed by atoms with van der Waals surface area (Å²) >= 11 is 0. The van der Waals surface area contributed by atoms with Gasteiger partial charge in [-0.25, -0.2) is 0 Å². The quantitative estimate of drug-likeness (QED) is 0.895.